The molecule has 1 saturated heterocycles. The summed E-state index contributed by atoms with van der Waals surface area (Å²) in [6.07, 6.45) is 8.89. The molecule has 3 rings (SSSR count). The lowest BCUT2D eigenvalue weighted by molar-refractivity contribution is 0.0945. The zero-order chi connectivity index (χ0) is 16.2. The molecule has 0 aromatic carbocycles. The number of piperidine rings is 1. The van der Waals surface area contributed by atoms with E-state index in [9.17, 15) is 4.79 Å². The molecule has 1 N–H and O–H groups in total. The van der Waals surface area contributed by atoms with E-state index in [0.29, 0.717) is 18.2 Å². The number of aryl methyl sites for hydroxylation is 1. The van der Waals surface area contributed by atoms with E-state index < -0.39 is 0 Å². The Morgan fingerprint density at radius 2 is 1.96 bits per heavy atom. The molecule has 0 aliphatic carbocycles. The van der Waals surface area contributed by atoms with Crippen LogP contribution in [0.5, 0.6) is 0 Å². The van der Waals surface area contributed by atoms with Gasteiger partial charge in [0.2, 0.25) is 0 Å². The Bertz CT molecular complexity index is 675. The van der Waals surface area contributed by atoms with Crippen LogP contribution in [0.15, 0.2) is 24.9 Å². The number of aromatic nitrogens is 4. The summed E-state index contributed by atoms with van der Waals surface area (Å²) >= 11 is 0. The highest BCUT2D eigenvalue weighted by Gasteiger charge is 2.22. The third kappa shape index (κ3) is 3.73. The van der Waals surface area contributed by atoms with Gasteiger partial charge in [0.15, 0.2) is 0 Å². The highest BCUT2D eigenvalue weighted by atomic mass is 16.1. The van der Waals surface area contributed by atoms with Gasteiger partial charge in [0.05, 0.1) is 24.3 Å². The second-order valence-corrected chi connectivity index (χ2v) is 6.07. The molecule has 122 valence electrons. The first kappa shape index (κ1) is 15.6. The van der Waals surface area contributed by atoms with E-state index in [-0.39, 0.29) is 5.91 Å². The average molecular weight is 314 g/mol. The monoisotopic (exact) mass is 314 g/mol. The maximum absolute atomic E-state index is 12.1. The summed E-state index contributed by atoms with van der Waals surface area (Å²) in [7, 11) is 3.98. The molecule has 3 heterocycles. The minimum absolute atomic E-state index is 0.189. The number of carbonyl (C=O) groups is 1. The molecule has 1 aliphatic heterocycles. The lowest BCUT2D eigenvalue weighted by atomic mass is 9.92. The van der Waals surface area contributed by atoms with Crippen molar-refractivity contribution in [1.29, 1.82) is 0 Å². The van der Waals surface area contributed by atoms with Crippen molar-refractivity contribution in [2.75, 3.05) is 20.1 Å². The molecule has 23 heavy (non-hydrogen) atoms. The second-order valence-electron chi connectivity index (χ2n) is 6.07. The van der Waals surface area contributed by atoms with Crippen molar-refractivity contribution >= 4 is 5.91 Å². The van der Waals surface area contributed by atoms with Gasteiger partial charge in [0, 0.05) is 31.6 Å². The Balaban J connectivity index is 1.67. The van der Waals surface area contributed by atoms with Crippen LogP contribution in [-0.4, -0.2) is 50.5 Å². The van der Waals surface area contributed by atoms with Crippen LogP contribution in [0.4, 0.5) is 0 Å². The number of likely N-dealkylation sites (tertiary alicyclic amines) is 1. The SMILES string of the molecule is CN1CCC(c2nccnc2CNC(=O)c2cn(C)cn2)CC1. The minimum Gasteiger partial charge on any atom is -0.345 e. The van der Waals surface area contributed by atoms with Crippen LogP contribution in [0.2, 0.25) is 0 Å². The third-order valence-corrected chi connectivity index (χ3v) is 4.27. The first-order valence-corrected chi connectivity index (χ1v) is 7.88. The molecule has 7 nitrogen and oxygen atoms in total. The first-order chi connectivity index (χ1) is 11.1. The number of hydrogen-bond acceptors (Lipinski definition) is 5. The zero-order valence-electron chi connectivity index (χ0n) is 13.6. The highest BCUT2D eigenvalue weighted by Crippen LogP contribution is 2.27. The van der Waals surface area contributed by atoms with Crippen LogP contribution >= 0.6 is 0 Å². The van der Waals surface area contributed by atoms with Crippen molar-refractivity contribution in [2.45, 2.75) is 25.3 Å². The van der Waals surface area contributed by atoms with Gasteiger partial charge in [-0.05, 0) is 33.0 Å². The van der Waals surface area contributed by atoms with Crippen molar-refractivity contribution in [3.05, 3.63) is 42.0 Å². The van der Waals surface area contributed by atoms with Crippen molar-refractivity contribution < 1.29 is 4.79 Å². The predicted molar refractivity (Wildman–Crippen MR) is 85.9 cm³/mol. The number of nitrogens with zero attached hydrogens (tertiary/aromatic N) is 5. The Kier molecular flexibility index (Phi) is 4.66. The summed E-state index contributed by atoms with van der Waals surface area (Å²) in [6.45, 7) is 2.52. The lowest BCUT2D eigenvalue weighted by Crippen LogP contribution is -2.31. The summed E-state index contributed by atoms with van der Waals surface area (Å²) in [5.41, 5.74) is 2.28. The van der Waals surface area contributed by atoms with Crippen LogP contribution in [0.1, 0.15) is 40.6 Å². The van der Waals surface area contributed by atoms with Crippen molar-refractivity contribution in [3.8, 4) is 0 Å². The number of carbonyl (C=O) groups excluding carboxylic acids is 1. The van der Waals surface area contributed by atoms with Gasteiger partial charge in [-0.1, -0.05) is 0 Å². The average Bonchev–Trinajstić information content (AvgIpc) is 3.00. The van der Waals surface area contributed by atoms with E-state index in [0.717, 1.165) is 37.3 Å². The highest BCUT2D eigenvalue weighted by molar-refractivity contribution is 5.91. The normalized spacial score (nSPS) is 16.4. The molecule has 0 unspecified atom stereocenters. The van der Waals surface area contributed by atoms with Gasteiger partial charge in [0.1, 0.15) is 5.69 Å². The summed E-state index contributed by atoms with van der Waals surface area (Å²) in [5, 5.41) is 2.89. The third-order valence-electron chi connectivity index (χ3n) is 4.27. The van der Waals surface area contributed by atoms with Crippen LogP contribution in [0.25, 0.3) is 0 Å². The van der Waals surface area contributed by atoms with Crippen molar-refractivity contribution in [1.82, 2.24) is 29.7 Å². The van der Waals surface area contributed by atoms with Crippen LogP contribution in [0, 0.1) is 0 Å². The molecular formula is C16H22N6O. The molecule has 0 saturated carbocycles. The summed E-state index contributed by atoms with van der Waals surface area (Å²) in [4.78, 5) is 27.5. The quantitative estimate of drug-likeness (QED) is 0.909. The van der Waals surface area contributed by atoms with Gasteiger partial charge >= 0.3 is 0 Å². The molecule has 0 spiro atoms. The van der Waals surface area contributed by atoms with Crippen molar-refractivity contribution in [3.63, 3.8) is 0 Å². The Hall–Kier alpha value is -2.28. The smallest absolute Gasteiger partial charge is 0.271 e. The van der Waals surface area contributed by atoms with Crippen molar-refractivity contribution in [2.24, 2.45) is 7.05 Å². The molecule has 0 atom stereocenters. The van der Waals surface area contributed by atoms with Gasteiger partial charge in [-0.3, -0.25) is 14.8 Å². The fraction of sp³-hybridized carbons (Fsp3) is 0.500. The van der Waals surface area contributed by atoms with Crippen LogP contribution < -0.4 is 5.32 Å². The van der Waals surface area contributed by atoms with E-state index in [2.05, 4.69) is 32.2 Å². The Labute approximate surface area is 135 Å². The zero-order valence-corrected chi connectivity index (χ0v) is 13.6. The largest absolute Gasteiger partial charge is 0.345 e. The maximum Gasteiger partial charge on any atom is 0.271 e. The summed E-state index contributed by atoms with van der Waals surface area (Å²) < 4.78 is 1.75. The predicted octanol–water partition coefficient (Wildman–Crippen LogP) is 0.949. The number of hydrogen-bond donors (Lipinski definition) is 1. The molecule has 2 aromatic rings. The molecule has 1 amide bonds. The van der Waals surface area contributed by atoms with Gasteiger partial charge in [-0.25, -0.2) is 4.98 Å². The van der Waals surface area contributed by atoms with E-state index >= 15 is 0 Å². The Morgan fingerprint density at radius 1 is 1.22 bits per heavy atom. The lowest BCUT2D eigenvalue weighted by Gasteiger charge is -2.29. The second kappa shape index (κ2) is 6.87. The molecule has 2 aromatic heterocycles. The minimum atomic E-state index is -0.189. The summed E-state index contributed by atoms with van der Waals surface area (Å²) in [5.74, 6) is 0.229. The molecular weight excluding hydrogens is 292 g/mol. The van der Waals surface area contributed by atoms with Crippen LogP contribution in [-0.2, 0) is 13.6 Å². The van der Waals surface area contributed by atoms with Crippen LogP contribution in [0.3, 0.4) is 0 Å². The fourth-order valence-electron chi connectivity index (χ4n) is 2.92. The Morgan fingerprint density at radius 3 is 2.65 bits per heavy atom. The van der Waals surface area contributed by atoms with E-state index in [1.807, 2.05) is 7.05 Å². The van der Waals surface area contributed by atoms with Gasteiger partial charge < -0.3 is 14.8 Å². The molecule has 1 aliphatic rings. The fourth-order valence-corrected chi connectivity index (χ4v) is 2.92. The topological polar surface area (TPSA) is 75.9 Å². The number of rotatable bonds is 4. The molecule has 7 heteroatoms. The van der Waals surface area contributed by atoms with E-state index in [1.54, 1.807) is 29.5 Å². The molecule has 0 bridgehead atoms. The molecule has 0 radical (unpaired) electrons. The standard InChI is InChI=1S/C16H22N6O/c1-21-7-3-12(4-8-21)15-13(17-5-6-18-15)9-19-16(23)14-10-22(2)11-20-14/h5-6,10-12H,3-4,7-9H2,1-2H3,(H,19,23). The maximum atomic E-state index is 12.1. The summed E-state index contributed by atoms with van der Waals surface area (Å²) in [6, 6.07) is 0. The van der Waals surface area contributed by atoms with Gasteiger partial charge in [-0.15, -0.1) is 0 Å². The van der Waals surface area contributed by atoms with E-state index in [1.165, 1.54) is 0 Å². The van der Waals surface area contributed by atoms with Gasteiger partial charge in [0.25, 0.3) is 5.91 Å². The number of amides is 1. The molecule has 1 fully saturated rings. The van der Waals surface area contributed by atoms with E-state index in [4.69, 9.17) is 0 Å². The first-order valence-electron chi connectivity index (χ1n) is 7.88. The number of nitrogens with one attached hydrogen (secondary N) is 1. The van der Waals surface area contributed by atoms with Gasteiger partial charge in [-0.2, -0.15) is 0 Å². The number of imidazole rings is 1.